The Morgan fingerprint density at radius 2 is 2.33 bits per heavy atom. The lowest BCUT2D eigenvalue weighted by molar-refractivity contribution is 0.112. The molecule has 1 aromatic rings. The largest absolute Gasteiger partial charge is 0.298 e. The monoisotopic (exact) mass is 230 g/mol. The van der Waals surface area contributed by atoms with E-state index in [0.29, 0.717) is 6.29 Å². The summed E-state index contributed by atoms with van der Waals surface area (Å²) in [7, 11) is 0. The smallest absolute Gasteiger partial charge is 0.280 e. The van der Waals surface area contributed by atoms with Crippen LogP contribution in [0.5, 0.6) is 0 Å². The van der Waals surface area contributed by atoms with Crippen molar-refractivity contribution in [3.63, 3.8) is 0 Å². The first-order valence-electron chi connectivity index (χ1n) is 3.87. The first-order chi connectivity index (χ1) is 7.13. The molecule has 0 radical (unpaired) electrons. The predicted molar refractivity (Wildman–Crippen MR) is 48.9 cm³/mol. The van der Waals surface area contributed by atoms with Gasteiger partial charge in [-0.15, -0.1) is 11.6 Å². The van der Waals surface area contributed by atoms with Crippen LogP contribution in [0.25, 0.3) is 0 Å². The van der Waals surface area contributed by atoms with Gasteiger partial charge in [-0.1, -0.05) is 0 Å². The van der Waals surface area contributed by atoms with E-state index in [2.05, 4.69) is 4.98 Å². The Kier molecular flexibility index (Phi) is 3.69. The van der Waals surface area contributed by atoms with Crippen molar-refractivity contribution in [2.45, 2.75) is 12.3 Å². The third-order valence-corrected chi connectivity index (χ3v) is 2.00. The van der Waals surface area contributed by atoms with Gasteiger partial charge in [-0.2, -0.15) is 5.26 Å². The molecule has 0 aliphatic rings. The molecule has 0 aromatic carbocycles. The van der Waals surface area contributed by atoms with Crippen LogP contribution in [0.3, 0.4) is 0 Å². The minimum atomic E-state index is -2.79. The van der Waals surface area contributed by atoms with Crippen molar-refractivity contribution in [1.82, 2.24) is 4.98 Å². The molecular weight excluding hydrogens is 226 g/mol. The summed E-state index contributed by atoms with van der Waals surface area (Å²) in [4.78, 5) is 14.1. The van der Waals surface area contributed by atoms with Gasteiger partial charge >= 0.3 is 0 Å². The minimum absolute atomic E-state index is 0.000941. The molecule has 0 saturated carbocycles. The van der Waals surface area contributed by atoms with Crippen molar-refractivity contribution < 1.29 is 13.6 Å². The van der Waals surface area contributed by atoms with Gasteiger partial charge in [0.2, 0.25) is 0 Å². The van der Waals surface area contributed by atoms with E-state index in [0.717, 1.165) is 6.07 Å². The maximum Gasteiger partial charge on any atom is 0.280 e. The van der Waals surface area contributed by atoms with Gasteiger partial charge in [-0.05, 0) is 6.07 Å². The van der Waals surface area contributed by atoms with Gasteiger partial charge in [0.05, 0.1) is 22.7 Å². The molecule has 0 aliphatic heterocycles. The molecule has 1 heterocycles. The Morgan fingerprint density at radius 3 is 2.73 bits per heavy atom. The summed E-state index contributed by atoms with van der Waals surface area (Å²) in [6.07, 6.45) is -2.40. The third-order valence-electron chi connectivity index (χ3n) is 1.75. The Bertz CT molecular complexity index is 429. The highest BCUT2D eigenvalue weighted by Gasteiger charge is 2.16. The average molecular weight is 231 g/mol. The van der Waals surface area contributed by atoms with E-state index < -0.39 is 12.1 Å². The zero-order chi connectivity index (χ0) is 11.4. The summed E-state index contributed by atoms with van der Waals surface area (Å²) in [5, 5.41) is 8.65. The number of aldehydes is 1. The topological polar surface area (TPSA) is 53.8 Å². The molecule has 78 valence electrons. The summed E-state index contributed by atoms with van der Waals surface area (Å²) in [6.45, 7) is 0. The Hall–Kier alpha value is -1.54. The van der Waals surface area contributed by atoms with Crippen molar-refractivity contribution in [3.8, 4) is 6.07 Å². The van der Waals surface area contributed by atoms with Gasteiger partial charge in [0.25, 0.3) is 6.43 Å². The first-order valence-corrected chi connectivity index (χ1v) is 4.40. The second kappa shape index (κ2) is 4.80. The fourth-order valence-corrected chi connectivity index (χ4v) is 1.27. The van der Waals surface area contributed by atoms with Crippen LogP contribution in [0, 0.1) is 11.3 Å². The normalized spacial score (nSPS) is 10.1. The standard InChI is InChI=1S/C9H5ClF2N2O/c10-2-8-6(4-15)5(3-13)1-7(14-8)9(11)12/h1,4,9H,2H2. The predicted octanol–water partition coefficient (Wildman–Crippen LogP) is 2.44. The van der Waals surface area contributed by atoms with Gasteiger partial charge in [-0.25, -0.2) is 13.8 Å². The molecule has 1 rings (SSSR count). The fraction of sp³-hybridized carbons (Fsp3) is 0.222. The SMILES string of the molecule is N#Cc1cc(C(F)F)nc(CCl)c1C=O. The first kappa shape index (κ1) is 11.5. The van der Waals surface area contributed by atoms with Crippen LogP contribution >= 0.6 is 11.6 Å². The van der Waals surface area contributed by atoms with Crippen molar-refractivity contribution in [1.29, 1.82) is 5.26 Å². The summed E-state index contributed by atoms with van der Waals surface area (Å²) < 4.78 is 24.7. The van der Waals surface area contributed by atoms with E-state index in [-0.39, 0.29) is 22.7 Å². The molecule has 0 aliphatic carbocycles. The van der Waals surface area contributed by atoms with E-state index in [1.807, 2.05) is 0 Å². The third kappa shape index (κ3) is 2.28. The molecule has 0 fully saturated rings. The van der Waals surface area contributed by atoms with Gasteiger partial charge < -0.3 is 0 Å². The molecule has 0 N–H and O–H groups in total. The minimum Gasteiger partial charge on any atom is -0.298 e. The van der Waals surface area contributed by atoms with Crippen LogP contribution in [0.15, 0.2) is 6.07 Å². The number of halogens is 3. The van der Waals surface area contributed by atoms with Crippen LogP contribution in [0.4, 0.5) is 8.78 Å². The van der Waals surface area contributed by atoms with Crippen LogP contribution in [-0.2, 0) is 5.88 Å². The molecule has 0 unspecified atom stereocenters. The summed E-state index contributed by atoms with van der Waals surface area (Å²) in [6, 6.07) is 2.55. The lowest BCUT2D eigenvalue weighted by Crippen LogP contribution is -2.03. The molecule has 0 saturated heterocycles. The number of aromatic nitrogens is 1. The van der Waals surface area contributed by atoms with E-state index >= 15 is 0 Å². The van der Waals surface area contributed by atoms with Crippen LogP contribution in [-0.4, -0.2) is 11.3 Å². The van der Waals surface area contributed by atoms with E-state index in [1.54, 1.807) is 6.07 Å². The summed E-state index contributed by atoms with van der Waals surface area (Å²) in [5.74, 6) is -0.191. The summed E-state index contributed by atoms with van der Waals surface area (Å²) in [5.41, 5.74) is -0.711. The van der Waals surface area contributed by atoms with E-state index in [4.69, 9.17) is 16.9 Å². The molecule has 0 atom stereocenters. The highest BCUT2D eigenvalue weighted by molar-refractivity contribution is 6.17. The maximum absolute atomic E-state index is 12.3. The van der Waals surface area contributed by atoms with Gasteiger partial charge in [0.15, 0.2) is 6.29 Å². The zero-order valence-electron chi connectivity index (χ0n) is 7.38. The number of hydrogen-bond donors (Lipinski definition) is 0. The van der Waals surface area contributed by atoms with Gasteiger partial charge in [-0.3, -0.25) is 4.79 Å². The van der Waals surface area contributed by atoms with Crippen molar-refractivity contribution in [2.75, 3.05) is 0 Å². The number of rotatable bonds is 3. The quantitative estimate of drug-likeness (QED) is 0.592. The molecule has 0 bridgehead atoms. The van der Waals surface area contributed by atoms with Crippen molar-refractivity contribution in [3.05, 3.63) is 28.6 Å². The molecule has 0 spiro atoms. The lowest BCUT2D eigenvalue weighted by Gasteiger charge is -2.05. The molecule has 15 heavy (non-hydrogen) atoms. The second-order valence-corrected chi connectivity index (χ2v) is 2.89. The Balaban J connectivity index is 3.44. The van der Waals surface area contributed by atoms with E-state index in [1.165, 1.54) is 0 Å². The van der Waals surface area contributed by atoms with Crippen LogP contribution in [0.2, 0.25) is 0 Å². The number of nitriles is 1. The number of carbonyl (C=O) groups is 1. The fourth-order valence-electron chi connectivity index (χ4n) is 1.07. The number of nitrogens with zero attached hydrogens (tertiary/aromatic N) is 2. The van der Waals surface area contributed by atoms with Crippen LogP contribution in [0.1, 0.15) is 33.7 Å². The second-order valence-electron chi connectivity index (χ2n) is 2.62. The highest BCUT2D eigenvalue weighted by Crippen LogP contribution is 2.21. The molecular formula is C9H5ClF2N2O. The lowest BCUT2D eigenvalue weighted by atomic mass is 10.1. The molecule has 1 aromatic heterocycles. The number of carbonyl (C=O) groups excluding carboxylic acids is 1. The Morgan fingerprint density at radius 1 is 1.67 bits per heavy atom. The highest BCUT2D eigenvalue weighted by atomic mass is 35.5. The number of pyridine rings is 1. The zero-order valence-corrected chi connectivity index (χ0v) is 8.13. The van der Waals surface area contributed by atoms with Gasteiger partial charge in [0, 0.05) is 0 Å². The average Bonchev–Trinajstić information content (AvgIpc) is 2.26. The van der Waals surface area contributed by atoms with Crippen molar-refractivity contribution in [2.24, 2.45) is 0 Å². The number of hydrogen-bond acceptors (Lipinski definition) is 3. The van der Waals surface area contributed by atoms with Crippen molar-refractivity contribution >= 4 is 17.9 Å². The Labute approximate surface area is 89.3 Å². The maximum atomic E-state index is 12.3. The molecule has 6 heteroatoms. The summed E-state index contributed by atoms with van der Waals surface area (Å²) >= 11 is 5.44. The van der Waals surface area contributed by atoms with E-state index in [9.17, 15) is 13.6 Å². The molecule has 3 nitrogen and oxygen atoms in total. The number of alkyl halides is 3. The van der Waals surface area contributed by atoms with Gasteiger partial charge in [0.1, 0.15) is 11.8 Å². The molecule has 0 amide bonds. The van der Waals surface area contributed by atoms with Crippen LogP contribution < -0.4 is 0 Å².